The number of esters is 1. The Bertz CT molecular complexity index is 1220. The van der Waals surface area contributed by atoms with Crippen LogP contribution in [0.15, 0.2) is 30.3 Å². The Hall–Kier alpha value is -3.96. The number of nitrogens with zero attached hydrogens (tertiary/aromatic N) is 1. The zero-order chi connectivity index (χ0) is 42.6. The molecule has 1 saturated heterocycles. The molecule has 5 N–H and O–H groups in total. The lowest BCUT2D eigenvalue weighted by atomic mass is 9.80. The van der Waals surface area contributed by atoms with Crippen LogP contribution in [0, 0.1) is 23.2 Å². The third-order valence-corrected chi connectivity index (χ3v) is 8.71. The molecule has 55 heavy (non-hydrogen) atoms. The maximum absolute atomic E-state index is 13.1. The van der Waals surface area contributed by atoms with Gasteiger partial charge in [0.2, 0.25) is 18.1 Å². The topological polar surface area (TPSA) is 177 Å². The first-order valence-electron chi connectivity index (χ1n) is 20.5. The summed E-state index contributed by atoms with van der Waals surface area (Å²) in [7, 11) is 0. The summed E-state index contributed by atoms with van der Waals surface area (Å²) in [5, 5.41) is 7.57. The lowest BCUT2D eigenvalue weighted by Crippen LogP contribution is -2.57. The molecule has 3 fully saturated rings. The molecule has 0 spiro atoms. The number of ketones is 1. The van der Waals surface area contributed by atoms with E-state index < -0.39 is 41.2 Å². The van der Waals surface area contributed by atoms with Gasteiger partial charge in [0.25, 0.3) is 5.91 Å². The van der Waals surface area contributed by atoms with Crippen molar-refractivity contribution in [3.8, 4) is 0 Å². The number of carbonyl (C=O) groups is 6. The fraction of sp³-hybridized carbons (Fsp3) is 0.721. The number of hydrogen-bond donors (Lipinski definition) is 4. The molecule has 0 aromatic heterocycles. The molecule has 4 atom stereocenters. The molecular weight excluding hydrogens is 699 g/mol. The predicted octanol–water partition coefficient (Wildman–Crippen LogP) is 7.32. The fourth-order valence-electron chi connectivity index (χ4n) is 5.36. The Balaban J connectivity index is 0. The third kappa shape index (κ3) is 24.2. The normalized spacial score (nSPS) is 17.8. The summed E-state index contributed by atoms with van der Waals surface area (Å²) in [6, 6.07) is 7.50. The van der Waals surface area contributed by atoms with Gasteiger partial charge in [-0.1, -0.05) is 151 Å². The van der Waals surface area contributed by atoms with E-state index >= 15 is 0 Å². The summed E-state index contributed by atoms with van der Waals surface area (Å²) >= 11 is 0. The minimum atomic E-state index is -0.983. The molecule has 4 unspecified atom stereocenters. The van der Waals surface area contributed by atoms with Crippen molar-refractivity contribution in [1.82, 2.24) is 20.9 Å². The van der Waals surface area contributed by atoms with Crippen molar-refractivity contribution >= 4 is 36.0 Å². The summed E-state index contributed by atoms with van der Waals surface area (Å²) in [5.74, 6) is -0.591. The van der Waals surface area contributed by atoms with Crippen LogP contribution in [0.4, 0.5) is 4.79 Å². The zero-order valence-corrected chi connectivity index (χ0v) is 36.3. The number of ether oxygens (including phenoxy) is 1. The standard InChI is InChI=1S/C22H33N3O4.C9H14N2O3.C4H8.C4H10.2C2H6/c1-15-11-16(2)25(13-15)20(27)19(22(3,4)5)24-21(28)23-12-18(26)29-14-17-9-7-6-8-10-17;10-9(14)8(13)7(11-5-12)4-6-2-1-3-6;1-2-4-3-1;1-4(2)3;2*1-2/h6-10,15-16,19H,11-14H2,1-5H3,(H2,23,24,28);5-7H,1-4H2,(H2,10,14)(H,11,12);1-4H2;4H,1-3H3;2*1-2H3. The van der Waals surface area contributed by atoms with Crippen LogP contribution in [-0.4, -0.2) is 72.1 Å². The van der Waals surface area contributed by atoms with Crippen LogP contribution >= 0.6 is 0 Å². The van der Waals surface area contributed by atoms with Crippen molar-refractivity contribution in [2.75, 3.05) is 13.1 Å². The quantitative estimate of drug-likeness (QED) is 0.0977. The fourth-order valence-corrected chi connectivity index (χ4v) is 5.36. The highest BCUT2D eigenvalue weighted by Crippen LogP contribution is 2.30. The Morgan fingerprint density at radius 1 is 0.909 bits per heavy atom. The molecule has 316 valence electrons. The molecule has 1 aromatic rings. The Kier molecular flexibility index (Phi) is 29.3. The lowest BCUT2D eigenvalue weighted by molar-refractivity contribution is -0.143. The van der Waals surface area contributed by atoms with Crippen molar-refractivity contribution < 1.29 is 33.5 Å². The van der Waals surface area contributed by atoms with E-state index in [2.05, 4.69) is 43.6 Å². The van der Waals surface area contributed by atoms with Gasteiger partial charge in [0.1, 0.15) is 19.2 Å². The van der Waals surface area contributed by atoms with Crippen molar-refractivity contribution in [2.24, 2.45) is 28.9 Å². The summed E-state index contributed by atoms with van der Waals surface area (Å²) < 4.78 is 5.15. The second kappa shape index (κ2) is 30.3. The molecule has 4 rings (SSSR count). The maximum atomic E-state index is 13.1. The number of nitrogens with one attached hydrogen (secondary N) is 3. The number of likely N-dealkylation sites (tertiary alicyclic amines) is 1. The van der Waals surface area contributed by atoms with E-state index in [0.717, 1.165) is 37.2 Å². The monoisotopic (exact) mass is 776 g/mol. The zero-order valence-electron chi connectivity index (χ0n) is 36.3. The second-order valence-electron chi connectivity index (χ2n) is 15.7. The molecule has 0 bridgehead atoms. The molecule has 5 amide bonds. The van der Waals surface area contributed by atoms with Gasteiger partial charge in [0, 0.05) is 12.6 Å². The van der Waals surface area contributed by atoms with Gasteiger partial charge in [0.15, 0.2) is 0 Å². The Morgan fingerprint density at radius 3 is 1.82 bits per heavy atom. The van der Waals surface area contributed by atoms with E-state index in [4.69, 9.17) is 10.5 Å². The molecule has 2 saturated carbocycles. The second-order valence-corrected chi connectivity index (χ2v) is 15.7. The van der Waals surface area contributed by atoms with E-state index in [-0.39, 0.29) is 25.1 Å². The number of rotatable bonds is 12. The van der Waals surface area contributed by atoms with Gasteiger partial charge >= 0.3 is 12.0 Å². The summed E-state index contributed by atoms with van der Waals surface area (Å²) in [5.41, 5.74) is 5.27. The number of hydrogen-bond acceptors (Lipinski definition) is 7. The van der Waals surface area contributed by atoms with Crippen LogP contribution in [-0.2, 0) is 35.3 Å². The van der Waals surface area contributed by atoms with Gasteiger partial charge in [0.05, 0.1) is 6.04 Å². The van der Waals surface area contributed by atoms with E-state index in [1.54, 1.807) is 0 Å². The predicted molar refractivity (Wildman–Crippen MR) is 222 cm³/mol. The van der Waals surface area contributed by atoms with Crippen LogP contribution in [0.5, 0.6) is 0 Å². The third-order valence-electron chi connectivity index (χ3n) is 8.71. The van der Waals surface area contributed by atoms with Gasteiger partial charge in [-0.25, -0.2) is 4.79 Å². The SMILES string of the molecule is C1CCC1.CC.CC.CC(C)C.CC1CC(C)N(C(=O)C(NC(=O)NCC(=O)OCc2ccccc2)C(C)(C)C)C1.NC(=O)C(=O)C(CC1CCC1)NC=O. The number of amides is 5. The molecule has 12 nitrogen and oxygen atoms in total. The van der Waals surface area contributed by atoms with Crippen LogP contribution in [0.2, 0.25) is 0 Å². The summed E-state index contributed by atoms with van der Waals surface area (Å²) in [4.78, 5) is 71.2. The average Bonchev–Trinajstić information content (AvgIpc) is 3.44. The first-order chi connectivity index (χ1) is 26.0. The van der Waals surface area contributed by atoms with Gasteiger partial charge < -0.3 is 31.3 Å². The van der Waals surface area contributed by atoms with Crippen LogP contribution in [0.3, 0.4) is 0 Å². The minimum absolute atomic E-state index is 0.0869. The van der Waals surface area contributed by atoms with Gasteiger partial charge in [-0.15, -0.1) is 0 Å². The molecular formula is C43H77N5O7. The minimum Gasteiger partial charge on any atom is -0.460 e. The van der Waals surface area contributed by atoms with Crippen LogP contribution in [0.1, 0.15) is 146 Å². The van der Waals surface area contributed by atoms with Crippen molar-refractivity contribution in [2.45, 2.75) is 166 Å². The number of carbonyl (C=O) groups excluding carboxylic acids is 6. The van der Waals surface area contributed by atoms with Gasteiger partial charge in [-0.2, -0.15) is 0 Å². The molecule has 1 heterocycles. The number of benzene rings is 1. The van der Waals surface area contributed by atoms with Crippen molar-refractivity contribution in [3.05, 3.63) is 35.9 Å². The highest BCUT2D eigenvalue weighted by molar-refractivity contribution is 6.37. The largest absolute Gasteiger partial charge is 0.460 e. The van der Waals surface area contributed by atoms with E-state index in [0.29, 0.717) is 31.2 Å². The van der Waals surface area contributed by atoms with E-state index in [1.165, 1.54) is 25.7 Å². The average molecular weight is 776 g/mol. The van der Waals surface area contributed by atoms with Gasteiger partial charge in [-0.3, -0.25) is 24.0 Å². The Morgan fingerprint density at radius 2 is 1.44 bits per heavy atom. The molecule has 1 aromatic carbocycles. The summed E-state index contributed by atoms with van der Waals surface area (Å²) in [6.45, 7) is 25.0. The van der Waals surface area contributed by atoms with Crippen LogP contribution < -0.4 is 21.7 Å². The molecule has 2 aliphatic carbocycles. The maximum Gasteiger partial charge on any atom is 0.325 e. The first-order valence-corrected chi connectivity index (χ1v) is 20.5. The highest BCUT2D eigenvalue weighted by atomic mass is 16.5. The number of primary amides is 1. The smallest absolute Gasteiger partial charge is 0.325 e. The van der Waals surface area contributed by atoms with Crippen LogP contribution in [0.25, 0.3) is 0 Å². The van der Waals surface area contributed by atoms with E-state index in [1.807, 2.05) is 90.6 Å². The molecule has 1 aliphatic heterocycles. The van der Waals surface area contributed by atoms with Crippen molar-refractivity contribution in [1.29, 1.82) is 0 Å². The first kappa shape index (κ1) is 53.1. The molecule has 0 radical (unpaired) electrons. The highest BCUT2D eigenvalue weighted by Gasteiger charge is 2.40. The Labute approximate surface area is 333 Å². The lowest BCUT2D eigenvalue weighted by Gasteiger charge is -2.35. The van der Waals surface area contributed by atoms with Gasteiger partial charge in [-0.05, 0) is 48.5 Å². The van der Waals surface area contributed by atoms with Crippen molar-refractivity contribution in [3.63, 3.8) is 0 Å². The number of nitrogens with two attached hydrogens (primary N) is 1. The molecule has 3 aliphatic rings. The summed E-state index contributed by atoms with van der Waals surface area (Å²) in [6.07, 6.45) is 11.2. The molecule has 12 heteroatoms. The number of urea groups is 1. The number of Topliss-reactive ketones (excluding diaryl/α,β-unsaturated/α-hetero) is 1. The van der Waals surface area contributed by atoms with E-state index in [9.17, 15) is 28.8 Å².